The van der Waals surface area contributed by atoms with E-state index in [1.54, 1.807) is 31.4 Å². The molecule has 1 amide bonds. The third-order valence-corrected chi connectivity index (χ3v) is 1.93. The van der Waals surface area contributed by atoms with Gasteiger partial charge in [0.2, 0.25) is 5.91 Å². The van der Waals surface area contributed by atoms with Gasteiger partial charge in [-0.1, -0.05) is 12.1 Å². The quantitative estimate of drug-likeness (QED) is 0.722. The molecule has 0 unspecified atom stereocenters. The molecular formula is C11H13NO3. The van der Waals surface area contributed by atoms with Crippen molar-refractivity contribution >= 4 is 11.7 Å². The number of ether oxygens (including phenoxy) is 1. The van der Waals surface area contributed by atoms with Crippen molar-refractivity contribution in [1.82, 2.24) is 0 Å². The monoisotopic (exact) mass is 207 g/mol. The molecule has 0 aromatic heterocycles. The van der Waals surface area contributed by atoms with E-state index in [9.17, 15) is 9.59 Å². The third kappa shape index (κ3) is 3.81. The Morgan fingerprint density at radius 1 is 1.27 bits per heavy atom. The van der Waals surface area contributed by atoms with Gasteiger partial charge in [-0.15, -0.1) is 0 Å². The number of hydrogen-bond acceptors (Lipinski definition) is 3. The zero-order valence-corrected chi connectivity index (χ0v) is 8.53. The summed E-state index contributed by atoms with van der Waals surface area (Å²) < 4.78 is 4.98. The molecular weight excluding hydrogens is 194 g/mol. The first-order chi connectivity index (χ1) is 7.11. The van der Waals surface area contributed by atoms with Crippen LogP contribution in [0.1, 0.15) is 12.0 Å². The summed E-state index contributed by atoms with van der Waals surface area (Å²) in [5.41, 5.74) is 5.76. The molecule has 0 saturated heterocycles. The number of amides is 1. The van der Waals surface area contributed by atoms with Crippen LogP contribution in [0.5, 0.6) is 5.75 Å². The van der Waals surface area contributed by atoms with Crippen molar-refractivity contribution in [3.05, 3.63) is 29.8 Å². The number of primary amides is 1. The van der Waals surface area contributed by atoms with Gasteiger partial charge in [0.15, 0.2) is 0 Å². The van der Waals surface area contributed by atoms with Crippen molar-refractivity contribution in [3.8, 4) is 5.75 Å². The number of Topliss-reactive ketones (excluding diaryl/α,β-unsaturated/α-hetero) is 1. The Labute approximate surface area is 88.0 Å². The number of benzene rings is 1. The molecule has 1 rings (SSSR count). The van der Waals surface area contributed by atoms with E-state index in [0.29, 0.717) is 0 Å². The van der Waals surface area contributed by atoms with Gasteiger partial charge in [0.25, 0.3) is 0 Å². The molecule has 0 saturated carbocycles. The van der Waals surface area contributed by atoms with Crippen molar-refractivity contribution < 1.29 is 14.3 Å². The smallest absolute Gasteiger partial charge is 0.224 e. The molecule has 0 heterocycles. The van der Waals surface area contributed by atoms with E-state index >= 15 is 0 Å². The van der Waals surface area contributed by atoms with Crippen molar-refractivity contribution in [3.63, 3.8) is 0 Å². The van der Waals surface area contributed by atoms with Gasteiger partial charge in [-0.3, -0.25) is 9.59 Å². The molecule has 1 aromatic rings. The van der Waals surface area contributed by atoms with E-state index in [1.165, 1.54) is 0 Å². The Morgan fingerprint density at radius 3 is 2.33 bits per heavy atom. The van der Waals surface area contributed by atoms with Gasteiger partial charge in [0, 0.05) is 6.42 Å². The van der Waals surface area contributed by atoms with Crippen molar-refractivity contribution in [2.24, 2.45) is 5.73 Å². The number of ketones is 1. The minimum Gasteiger partial charge on any atom is -0.497 e. The standard InChI is InChI=1S/C11H13NO3/c1-15-10-4-2-8(3-5-10)6-9(13)7-11(12)14/h2-5H,6-7H2,1H3,(H2,12,14). The molecule has 1 aromatic carbocycles. The summed E-state index contributed by atoms with van der Waals surface area (Å²) in [4.78, 5) is 21.7. The minimum atomic E-state index is -0.589. The highest BCUT2D eigenvalue weighted by Gasteiger charge is 2.07. The maximum absolute atomic E-state index is 11.2. The highest BCUT2D eigenvalue weighted by Crippen LogP contribution is 2.12. The van der Waals surface area contributed by atoms with Crippen LogP contribution in [0.25, 0.3) is 0 Å². The third-order valence-electron chi connectivity index (χ3n) is 1.93. The zero-order valence-electron chi connectivity index (χ0n) is 8.53. The van der Waals surface area contributed by atoms with Gasteiger partial charge < -0.3 is 10.5 Å². The summed E-state index contributed by atoms with van der Waals surface area (Å²) in [7, 11) is 1.58. The maximum atomic E-state index is 11.2. The first kappa shape index (κ1) is 11.2. The molecule has 0 aliphatic rings. The molecule has 4 nitrogen and oxygen atoms in total. The van der Waals surface area contributed by atoms with Crippen LogP contribution >= 0.6 is 0 Å². The largest absolute Gasteiger partial charge is 0.497 e. The van der Waals surface area contributed by atoms with Crippen LogP contribution in [-0.4, -0.2) is 18.8 Å². The second-order valence-electron chi connectivity index (χ2n) is 3.21. The van der Waals surface area contributed by atoms with Crippen molar-refractivity contribution in [2.75, 3.05) is 7.11 Å². The molecule has 0 bridgehead atoms. The second-order valence-corrected chi connectivity index (χ2v) is 3.21. The van der Waals surface area contributed by atoms with Crippen LogP contribution in [0.4, 0.5) is 0 Å². The molecule has 0 spiro atoms. The van der Waals surface area contributed by atoms with Crippen molar-refractivity contribution in [2.45, 2.75) is 12.8 Å². The van der Waals surface area contributed by atoms with Gasteiger partial charge in [0.05, 0.1) is 13.5 Å². The number of carbonyl (C=O) groups excluding carboxylic acids is 2. The molecule has 0 radical (unpaired) electrons. The summed E-state index contributed by atoms with van der Waals surface area (Å²) >= 11 is 0. The Balaban J connectivity index is 2.57. The molecule has 2 N–H and O–H groups in total. The van der Waals surface area contributed by atoms with Crippen LogP contribution in [-0.2, 0) is 16.0 Å². The molecule has 0 aliphatic carbocycles. The van der Waals surface area contributed by atoms with Crippen LogP contribution in [0.15, 0.2) is 24.3 Å². The van der Waals surface area contributed by atoms with Crippen LogP contribution in [0.2, 0.25) is 0 Å². The lowest BCUT2D eigenvalue weighted by Crippen LogP contribution is -2.17. The fraction of sp³-hybridized carbons (Fsp3) is 0.273. The zero-order chi connectivity index (χ0) is 11.3. The summed E-state index contributed by atoms with van der Waals surface area (Å²) in [6.07, 6.45) is 0.0267. The van der Waals surface area contributed by atoms with E-state index in [1.807, 2.05) is 0 Å². The van der Waals surface area contributed by atoms with Gasteiger partial charge in [0.1, 0.15) is 11.5 Å². The van der Waals surface area contributed by atoms with E-state index in [4.69, 9.17) is 10.5 Å². The Kier molecular flexibility index (Phi) is 3.85. The predicted octanol–water partition coefficient (Wildman–Crippen LogP) is 0.682. The van der Waals surface area contributed by atoms with Crippen LogP contribution in [0.3, 0.4) is 0 Å². The Hall–Kier alpha value is -1.84. The predicted molar refractivity (Wildman–Crippen MR) is 55.5 cm³/mol. The molecule has 4 heteroatoms. The molecule has 0 atom stereocenters. The minimum absolute atomic E-state index is 0.173. The Bertz CT molecular complexity index is 357. The lowest BCUT2D eigenvalue weighted by atomic mass is 10.1. The summed E-state index contributed by atoms with van der Waals surface area (Å²) in [5, 5.41) is 0. The lowest BCUT2D eigenvalue weighted by Gasteiger charge is -2.02. The molecule has 0 fully saturated rings. The topological polar surface area (TPSA) is 69.4 Å². The van der Waals surface area contributed by atoms with Gasteiger partial charge in [-0.25, -0.2) is 0 Å². The molecule has 80 valence electrons. The number of rotatable bonds is 5. The highest BCUT2D eigenvalue weighted by molar-refractivity contribution is 5.98. The van der Waals surface area contributed by atoms with Crippen LogP contribution in [0, 0.1) is 0 Å². The normalized spacial score (nSPS) is 9.67. The first-order valence-corrected chi connectivity index (χ1v) is 4.54. The summed E-state index contributed by atoms with van der Waals surface area (Å²) in [6, 6.07) is 7.12. The van der Waals surface area contributed by atoms with E-state index in [-0.39, 0.29) is 18.6 Å². The highest BCUT2D eigenvalue weighted by atomic mass is 16.5. The number of hydrogen-bond donors (Lipinski definition) is 1. The van der Waals surface area contributed by atoms with E-state index < -0.39 is 5.91 Å². The Morgan fingerprint density at radius 2 is 1.87 bits per heavy atom. The molecule has 15 heavy (non-hydrogen) atoms. The summed E-state index contributed by atoms with van der Waals surface area (Å²) in [6.45, 7) is 0. The fourth-order valence-electron chi connectivity index (χ4n) is 1.23. The van der Waals surface area contributed by atoms with Gasteiger partial charge in [-0.05, 0) is 17.7 Å². The number of carbonyl (C=O) groups is 2. The van der Waals surface area contributed by atoms with Crippen molar-refractivity contribution in [1.29, 1.82) is 0 Å². The van der Waals surface area contributed by atoms with Gasteiger partial charge >= 0.3 is 0 Å². The van der Waals surface area contributed by atoms with Gasteiger partial charge in [-0.2, -0.15) is 0 Å². The van der Waals surface area contributed by atoms with Crippen LogP contribution < -0.4 is 10.5 Å². The first-order valence-electron chi connectivity index (χ1n) is 4.54. The number of nitrogens with two attached hydrogens (primary N) is 1. The average molecular weight is 207 g/mol. The van der Waals surface area contributed by atoms with E-state index in [2.05, 4.69) is 0 Å². The fourth-order valence-corrected chi connectivity index (χ4v) is 1.23. The summed E-state index contributed by atoms with van der Waals surface area (Å²) in [5.74, 6) is -0.0257. The average Bonchev–Trinajstić information content (AvgIpc) is 2.17. The molecule has 0 aliphatic heterocycles. The SMILES string of the molecule is COc1ccc(CC(=O)CC(N)=O)cc1. The van der Waals surface area contributed by atoms with E-state index in [0.717, 1.165) is 11.3 Å². The maximum Gasteiger partial charge on any atom is 0.224 e. The lowest BCUT2D eigenvalue weighted by molar-refractivity contribution is -0.126. The number of methoxy groups -OCH3 is 1. The second kappa shape index (κ2) is 5.14.